The van der Waals surface area contributed by atoms with Gasteiger partial charge in [-0.3, -0.25) is 4.79 Å². The molecule has 0 aliphatic heterocycles. The van der Waals surface area contributed by atoms with Gasteiger partial charge < -0.3 is 5.32 Å². The minimum Gasteiger partial charge on any atom is -0.375 e. The first-order valence-electron chi connectivity index (χ1n) is 3.37. The summed E-state index contributed by atoms with van der Waals surface area (Å²) in [5.74, 6) is 0. The van der Waals surface area contributed by atoms with Crippen LogP contribution < -0.4 is 5.32 Å². The Bertz CT molecular complexity index is 288. The van der Waals surface area contributed by atoms with Crippen molar-refractivity contribution in [3.8, 4) is 0 Å². The van der Waals surface area contributed by atoms with E-state index in [2.05, 4.69) is 5.32 Å². The van der Waals surface area contributed by atoms with Crippen molar-refractivity contribution in [3.63, 3.8) is 0 Å². The average Bonchev–Trinajstić information content (AvgIpc) is 2.03. The van der Waals surface area contributed by atoms with Gasteiger partial charge in [-0.2, -0.15) is 0 Å². The van der Waals surface area contributed by atoms with Gasteiger partial charge >= 0.3 is 0 Å². The Labute approximate surface area is 80.5 Å². The summed E-state index contributed by atoms with van der Waals surface area (Å²) in [5.41, 5.74) is 0.716. The molecule has 0 aromatic heterocycles. The van der Waals surface area contributed by atoms with E-state index in [4.69, 9.17) is 23.2 Å². The van der Waals surface area contributed by atoms with Crippen LogP contribution in [0, 0.1) is 0 Å². The first-order chi connectivity index (χ1) is 5.70. The Morgan fingerprint density at radius 3 is 2.67 bits per heavy atom. The van der Waals surface area contributed by atoms with Crippen LogP contribution in [-0.2, 0) is 4.79 Å². The van der Waals surface area contributed by atoms with Crippen LogP contribution >= 0.6 is 23.2 Å². The summed E-state index contributed by atoms with van der Waals surface area (Å²) in [6, 6.07) is 7.16. The average molecular weight is 204 g/mol. The molecule has 0 amide bonds. The number of hydrogen-bond acceptors (Lipinski definition) is 2. The zero-order valence-corrected chi connectivity index (χ0v) is 7.69. The second-order valence-corrected chi connectivity index (χ2v) is 3.02. The van der Waals surface area contributed by atoms with Gasteiger partial charge in [0.15, 0.2) is 0 Å². The van der Waals surface area contributed by atoms with Gasteiger partial charge in [-0.1, -0.05) is 23.7 Å². The summed E-state index contributed by atoms with van der Waals surface area (Å²) < 4.78 is 0. The molecule has 0 saturated heterocycles. The summed E-state index contributed by atoms with van der Waals surface area (Å²) >= 11 is 10.9. The molecule has 1 N–H and O–H groups in total. The summed E-state index contributed by atoms with van der Waals surface area (Å²) in [6.45, 7) is 0.0886. The Balaban J connectivity index is 2.63. The van der Waals surface area contributed by atoms with Gasteiger partial charge in [0, 0.05) is 0 Å². The van der Waals surface area contributed by atoms with Crippen molar-refractivity contribution in [2.75, 3.05) is 11.9 Å². The number of carbonyl (C=O) groups is 1. The minimum absolute atomic E-state index is 0.0886. The Morgan fingerprint density at radius 1 is 1.42 bits per heavy atom. The van der Waals surface area contributed by atoms with Gasteiger partial charge in [-0.25, -0.2) is 0 Å². The third-order valence-corrected chi connectivity index (χ3v) is 1.75. The van der Waals surface area contributed by atoms with Crippen LogP contribution in [0.4, 0.5) is 5.69 Å². The van der Waals surface area contributed by atoms with Crippen LogP contribution in [0.1, 0.15) is 0 Å². The van der Waals surface area contributed by atoms with Gasteiger partial charge in [0.05, 0.1) is 17.3 Å². The summed E-state index contributed by atoms with van der Waals surface area (Å²) in [4.78, 5) is 10.4. The van der Waals surface area contributed by atoms with E-state index < -0.39 is 5.24 Å². The van der Waals surface area contributed by atoms with Crippen LogP contribution in [0.2, 0.25) is 5.02 Å². The number of nitrogens with one attached hydrogen (secondary N) is 1. The zero-order valence-electron chi connectivity index (χ0n) is 6.18. The smallest absolute Gasteiger partial charge is 0.240 e. The number of carbonyl (C=O) groups excluding carboxylic acids is 1. The lowest BCUT2D eigenvalue weighted by molar-refractivity contribution is -0.110. The zero-order chi connectivity index (χ0) is 8.97. The van der Waals surface area contributed by atoms with E-state index in [1.165, 1.54) is 0 Å². The van der Waals surface area contributed by atoms with Crippen LogP contribution in [0.5, 0.6) is 0 Å². The third-order valence-electron chi connectivity index (χ3n) is 1.29. The number of halogens is 2. The third kappa shape index (κ3) is 2.72. The monoisotopic (exact) mass is 203 g/mol. The van der Waals surface area contributed by atoms with Crippen molar-refractivity contribution in [1.29, 1.82) is 0 Å². The van der Waals surface area contributed by atoms with Crippen molar-refractivity contribution in [3.05, 3.63) is 29.3 Å². The summed E-state index contributed by atoms with van der Waals surface area (Å²) in [5, 5.41) is 2.94. The number of anilines is 1. The highest BCUT2D eigenvalue weighted by Crippen LogP contribution is 2.19. The van der Waals surface area contributed by atoms with Crippen LogP contribution in [0.15, 0.2) is 24.3 Å². The lowest BCUT2D eigenvalue weighted by Crippen LogP contribution is -2.07. The first kappa shape index (κ1) is 9.36. The maximum absolute atomic E-state index is 10.4. The molecule has 1 aromatic carbocycles. The van der Waals surface area contributed by atoms with Gasteiger partial charge in [0.2, 0.25) is 5.24 Å². The SMILES string of the molecule is O=C(Cl)CNc1ccccc1Cl. The molecule has 0 saturated carbocycles. The minimum atomic E-state index is -0.435. The molecule has 0 heterocycles. The number of hydrogen-bond donors (Lipinski definition) is 1. The van der Waals surface area contributed by atoms with E-state index in [0.717, 1.165) is 0 Å². The van der Waals surface area contributed by atoms with Crippen LogP contribution in [-0.4, -0.2) is 11.8 Å². The largest absolute Gasteiger partial charge is 0.375 e. The molecule has 0 aliphatic rings. The molecule has 12 heavy (non-hydrogen) atoms. The Morgan fingerprint density at radius 2 is 2.08 bits per heavy atom. The standard InChI is InChI=1S/C8H7Cl2NO/c9-6-3-1-2-4-7(6)11-5-8(10)12/h1-4,11H,5H2. The van der Waals surface area contributed by atoms with Crippen LogP contribution in [0.25, 0.3) is 0 Å². The van der Waals surface area contributed by atoms with Crippen molar-refractivity contribution in [1.82, 2.24) is 0 Å². The fourth-order valence-electron chi connectivity index (χ4n) is 0.769. The molecular weight excluding hydrogens is 197 g/mol. The summed E-state index contributed by atoms with van der Waals surface area (Å²) in [7, 11) is 0. The van der Waals surface area contributed by atoms with Crippen LogP contribution in [0.3, 0.4) is 0 Å². The van der Waals surface area contributed by atoms with E-state index in [9.17, 15) is 4.79 Å². The molecular formula is C8H7Cl2NO. The molecule has 64 valence electrons. The molecule has 1 aromatic rings. The van der Waals surface area contributed by atoms with E-state index in [0.29, 0.717) is 10.7 Å². The van der Waals surface area contributed by atoms with Crippen molar-refractivity contribution in [2.45, 2.75) is 0 Å². The van der Waals surface area contributed by atoms with Crippen molar-refractivity contribution >= 4 is 34.1 Å². The lowest BCUT2D eigenvalue weighted by atomic mass is 10.3. The van der Waals surface area contributed by atoms with Gasteiger partial charge in [-0.15, -0.1) is 0 Å². The molecule has 0 spiro atoms. The van der Waals surface area contributed by atoms with Gasteiger partial charge in [0.25, 0.3) is 0 Å². The first-order valence-corrected chi connectivity index (χ1v) is 4.12. The van der Waals surface area contributed by atoms with E-state index in [1.54, 1.807) is 12.1 Å². The van der Waals surface area contributed by atoms with Gasteiger partial charge in [0.1, 0.15) is 0 Å². The normalized spacial score (nSPS) is 9.50. The van der Waals surface area contributed by atoms with Gasteiger partial charge in [-0.05, 0) is 23.7 Å². The van der Waals surface area contributed by atoms with E-state index >= 15 is 0 Å². The molecule has 0 aliphatic carbocycles. The quantitative estimate of drug-likeness (QED) is 0.766. The highest BCUT2D eigenvalue weighted by atomic mass is 35.5. The van der Waals surface area contributed by atoms with E-state index in [1.807, 2.05) is 12.1 Å². The second-order valence-electron chi connectivity index (χ2n) is 2.19. The molecule has 2 nitrogen and oxygen atoms in total. The molecule has 0 fully saturated rings. The maximum Gasteiger partial charge on any atom is 0.240 e. The molecule has 1 rings (SSSR count). The molecule has 0 radical (unpaired) electrons. The van der Waals surface area contributed by atoms with E-state index in [-0.39, 0.29) is 6.54 Å². The van der Waals surface area contributed by atoms with Crippen molar-refractivity contribution in [2.24, 2.45) is 0 Å². The fraction of sp³-hybridized carbons (Fsp3) is 0.125. The molecule has 0 bridgehead atoms. The Kier molecular flexibility index (Phi) is 3.38. The lowest BCUT2D eigenvalue weighted by Gasteiger charge is -2.03. The molecule has 0 unspecified atom stereocenters. The number of para-hydroxylation sites is 1. The summed E-state index contributed by atoms with van der Waals surface area (Å²) in [6.07, 6.45) is 0. The fourth-order valence-corrected chi connectivity index (χ4v) is 1.04. The number of benzene rings is 1. The Hall–Kier alpha value is -0.730. The molecule has 0 atom stereocenters. The predicted molar refractivity (Wildman–Crippen MR) is 50.8 cm³/mol. The topological polar surface area (TPSA) is 29.1 Å². The van der Waals surface area contributed by atoms with Crippen molar-refractivity contribution < 1.29 is 4.79 Å². The second kappa shape index (κ2) is 4.33. The highest BCUT2D eigenvalue weighted by Gasteiger charge is 1.99. The highest BCUT2D eigenvalue weighted by molar-refractivity contribution is 6.64. The maximum atomic E-state index is 10.4. The molecule has 4 heteroatoms. The number of rotatable bonds is 3. The predicted octanol–water partition coefficient (Wildman–Crippen LogP) is 2.52.